The Labute approximate surface area is 638 Å². The van der Waals surface area contributed by atoms with Crippen LogP contribution in [-0.2, 0) is 65.4 Å². The average Bonchev–Trinajstić information content (AvgIpc) is 0.906. The molecule has 0 heterocycles. The maximum atomic E-state index is 13.1. The Hall–Kier alpha value is -1.94. The molecular weight excluding hydrogens is 1350 g/mol. The Kier molecular flexibility index (Phi) is 77.7. The predicted octanol–water partition coefficient (Wildman–Crippen LogP) is 26.1. The Bertz CT molecular complexity index is 1960. The highest BCUT2D eigenvalue weighted by Crippen LogP contribution is 2.45. The number of ether oxygens (including phenoxy) is 4. The van der Waals surface area contributed by atoms with E-state index in [0.29, 0.717) is 25.7 Å². The molecule has 2 unspecified atom stereocenters. The summed E-state index contributed by atoms with van der Waals surface area (Å²) in [5.74, 6) is -2.10. The van der Waals surface area contributed by atoms with Crippen molar-refractivity contribution in [3.05, 3.63) is 0 Å². The van der Waals surface area contributed by atoms with Crippen LogP contribution >= 0.6 is 15.6 Å². The molecule has 0 aliphatic rings. The summed E-state index contributed by atoms with van der Waals surface area (Å²) in [6.45, 7) is 5.06. The number of esters is 4. The van der Waals surface area contributed by atoms with Crippen LogP contribution in [0, 0.1) is 0 Å². The summed E-state index contributed by atoms with van der Waals surface area (Å²) in [4.78, 5) is 73.2. The zero-order valence-corrected chi connectivity index (χ0v) is 69.8. The molecule has 0 fully saturated rings. The monoisotopic (exact) mass is 1520 g/mol. The quantitative estimate of drug-likeness (QED) is 0.0222. The molecule has 0 radical (unpaired) electrons. The largest absolute Gasteiger partial charge is 0.472 e. The van der Waals surface area contributed by atoms with Gasteiger partial charge in [-0.05, 0) is 25.7 Å². The van der Waals surface area contributed by atoms with E-state index in [1.54, 1.807) is 0 Å². The minimum Gasteiger partial charge on any atom is -0.462 e. The van der Waals surface area contributed by atoms with E-state index >= 15 is 0 Å². The Morgan fingerprint density at radius 3 is 0.567 bits per heavy atom. The maximum Gasteiger partial charge on any atom is 0.472 e. The third-order valence-electron chi connectivity index (χ3n) is 20.1. The molecule has 0 saturated carbocycles. The molecule has 0 aromatic heterocycles. The van der Waals surface area contributed by atoms with Gasteiger partial charge in [0.25, 0.3) is 0 Å². The van der Waals surface area contributed by atoms with Gasteiger partial charge in [0.15, 0.2) is 12.2 Å². The molecule has 0 aliphatic heterocycles. The molecule has 17 nitrogen and oxygen atoms in total. The number of hydrogen-bond donors (Lipinski definition) is 3. The third kappa shape index (κ3) is 78.2. The van der Waals surface area contributed by atoms with Crippen LogP contribution in [0.2, 0.25) is 0 Å². The van der Waals surface area contributed by atoms with Gasteiger partial charge >= 0.3 is 39.5 Å². The van der Waals surface area contributed by atoms with Crippen molar-refractivity contribution in [1.29, 1.82) is 0 Å². The van der Waals surface area contributed by atoms with E-state index in [1.807, 2.05) is 0 Å². The minimum atomic E-state index is -4.96. The molecule has 3 N–H and O–H groups in total. The van der Waals surface area contributed by atoms with Gasteiger partial charge in [-0.3, -0.25) is 37.3 Å². The second-order valence-electron chi connectivity index (χ2n) is 30.6. The standard InChI is InChI=1S/C85H166O17P2/c1-5-9-13-17-21-25-29-33-36-39-40-41-42-45-48-52-56-60-64-68-72-85(90)102-81(76-96-83(88)70-66-62-58-54-50-46-43-37-34-30-26-22-18-14-10-6-2)78-100-104(93,94)98-74-79(86)73-97-103(91,92)99-77-80(75-95-82(87)69-65-61-57-53-49-32-28-24-20-16-12-8-4)101-84(89)71-67-63-59-55-51-47-44-38-35-31-27-23-19-15-11-7-3/h79-81,86H,5-78H2,1-4H3,(H,91,92)(H,93,94)/t79-,80+,81+/m0/s1. The zero-order chi connectivity index (χ0) is 76.0. The Balaban J connectivity index is 5.25. The van der Waals surface area contributed by atoms with E-state index < -0.39 is 97.5 Å². The van der Waals surface area contributed by atoms with Gasteiger partial charge in [0.05, 0.1) is 26.4 Å². The van der Waals surface area contributed by atoms with E-state index in [9.17, 15) is 43.2 Å². The van der Waals surface area contributed by atoms with Crippen LogP contribution in [0.3, 0.4) is 0 Å². The van der Waals surface area contributed by atoms with Gasteiger partial charge in [-0.15, -0.1) is 0 Å². The molecule has 0 amide bonds. The number of hydrogen-bond acceptors (Lipinski definition) is 15. The van der Waals surface area contributed by atoms with Crippen LogP contribution in [-0.4, -0.2) is 96.7 Å². The number of rotatable bonds is 86. The molecule has 19 heteroatoms. The average molecular weight is 1520 g/mol. The van der Waals surface area contributed by atoms with E-state index in [2.05, 4.69) is 27.7 Å². The van der Waals surface area contributed by atoms with Gasteiger partial charge in [0.2, 0.25) is 0 Å². The molecule has 0 bridgehead atoms. The molecule has 0 saturated heterocycles. The van der Waals surface area contributed by atoms with E-state index in [4.69, 9.17) is 37.0 Å². The normalized spacial score (nSPS) is 13.7. The molecule has 0 spiro atoms. The fourth-order valence-corrected chi connectivity index (χ4v) is 14.9. The molecular formula is C85H166O17P2. The first-order valence-corrected chi connectivity index (χ1v) is 47.3. The lowest BCUT2D eigenvalue weighted by Gasteiger charge is -2.21. The Morgan fingerprint density at radius 2 is 0.385 bits per heavy atom. The van der Waals surface area contributed by atoms with E-state index in [1.165, 1.54) is 295 Å². The lowest BCUT2D eigenvalue weighted by molar-refractivity contribution is -0.161. The number of carbonyl (C=O) groups is 4. The summed E-state index contributed by atoms with van der Waals surface area (Å²) in [7, 11) is -9.92. The second-order valence-corrected chi connectivity index (χ2v) is 33.5. The topological polar surface area (TPSA) is 237 Å². The fourth-order valence-electron chi connectivity index (χ4n) is 13.3. The van der Waals surface area contributed by atoms with Crippen molar-refractivity contribution in [2.45, 2.75) is 483 Å². The highest BCUT2D eigenvalue weighted by Gasteiger charge is 2.30. The van der Waals surface area contributed by atoms with Crippen molar-refractivity contribution in [2.24, 2.45) is 0 Å². The van der Waals surface area contributed by atoms with Crippen LogP contribution < -0.4 is 0 Å². The second kappa shape index (κ2) is 79.2. The van der Waals surface area contributed by atoms with Gasteiger partial charge in [-0.25, -0.2) is 9.13 Å². The minimum absolute atomic E-state index is 0.109. The van der Waals surface area contributed by atoms with Crippen LogP contribution in [0.4, 0.5) is 0 Å². The maximum absolute atomic E-state index is 13.1. The SMILES string of the molecule is CCCCCCCCCCCCCCCCCCCCCCC(=O)O[C@H](COC(=O)CCCCCCCCCCCCCCCCCC)COP(=O)(O)OC[C@@H](O)COP(=O)(O)OC[C@@H](COC(=O)CCCCCCCCCCCCCC)OC(=O)CCCCCCCCCCCCCCCCCC. The van der Waals surface area contributed by atoms with Crippen LogP contribution in [0.5, 0.6) is 0 Å². The molecule has 104 heavy (non-hydrogen) atoms. The summed E-state index contributed by atoms with van der Waals surface area (Å²) in [5.41, 5.74) is 0. The van der Waals surface area contributed by atoms with Gasteiger partial charge in [0, 0.05) is 25.7 Å². The molecule has 0 aromatic rings. The lowest BCUT2D eigenvalue weighted by Crippen LogP contribution is -2.30. The van der Waals surface area contributed by atoms with Crippen molar-refractivity contribution in [2.75, 3.05) is 39.6 Å². The molecule has 0 rings (SSSR count). The number of aliphatic hydroxyl groups excluding tert-OH is 1. The van der Waals surface area contributed by atoms with Crippen molar-refractivity contribution in [1.82, 2.24) is 0 Å². The highest BCUT2D eigenvalue weighted by molar-refractivity contribution is 7.47. The number of aliphatic hydroxyl groups is 1. The first kappa shape index (κ1) is 102. The molecule has 0 aliphatic carbocycles. The molecule has 0 aromatic carbocycles. The zero-order valence-electron chi connectivity index (χ0n) is 68.0. The van der Waals surface area contributed by atoms with Crippen molar-refractivity contribution >= 4 is 39.5 Å². The van der Waals surface area contributed by atoms with Crippen LogP contribution in [0.25, 0.3) is 0 Å². The number of unbranched alkanes of at least 4 members (excludes halogenated alkanes) is 60. The smallest absolute Gasteiger partial charge is 0.462 e. The number of carbonyl (C=O) groups excluding carboxylic acids is 4. The number of phosphoric ester groups is 2. The summed E-state index contributed by atoms with van der Waals surface area (Å²) in [5, 5.41) is 10.7. The summed E-state index contributed by atoms with van der Waals surface area (Å²) in [6, 6.07) is 0. The predicted molar refractivity (Wildman–Crippen MR) is 428 cm³/mol. The summed E-state index contributed by atoms with van der Waals surface area (Å²) < 4.78 is 68.9. The Morgan fingerprint density at radius 1 is 0.231 bits per heavy atom. The molecule has 618 valence electrons. The third-order valence-corrected chi connectivity index (χ3v) is 22.0. The number of phosphoric acid groups is 2. The molecule has 5 atom stereocenters. The van der Waals surface area contributed by atoms with E-state index in [-0.39, 0.29) is 25.7 Å². The van der Waals surface area contributed by atoms with Gasteiger partial charge in [-0.1, -0.05) is 413 Å². The van der Waals surface area contributed by atoms with Gasteiger partial charge < -0.3 is 33.8 Å². The highest BCUT2D eigenvalue weighted by atomic mass is 31.2. The van der Waals surface area contributed by atoms with Crippen LogP contribution in [0.1, 0.15) is 464 Å². The lowest BCUT2D eigenvalue weighted by atomic mass is 10.0. The van der Waals surface area contributed by atoms with Crippen molar-refractivity contribution in [3.8, 4) is 0 Å². The van der Waals surface area contributed by atoms with E-state index in [0.717, 1.165) is 89.9 Å². The summed E-state index contributed by atoms with van der Waals surface area (Å²) >= 11 is 0. The van der Waals surface area contributed by atoms with Crippen molar-refractivity contribution < 1.29 is 80.2 Å². The first-order valence-electron chi connectivity index (χ1n) is 44.3. The van der Waals surface area contributed by atoms with Crippen molar-refractivity contribution in [3.63, 3.8) is 0 Å². The van der Waals surface area contributed by atoms with Gasteiger partial charge in [-0.2, -0.15) is 0 Å². The first-order chi connectivity index (χ1) is 50.7. The van der Waals surface area contributed by atoms with Crippen LogP contribution in [0.15, 0.2) is 0 Å². The fraction of sp³-hybridized carbons (Fsp3) is 0.953. The summed E-state index contributed by atoms with van der Waals surface area (Å²) in [6.07, 6.45) is 73.5. The van der Waals surface area contributed by atoms with Gasteiger partial charge in [0.1, 0.15) is 19.3 Å².